The molecule has 0 saturated heterocycles. The highest BCUT2D eigenvalue weighted by Crippen LogP contribution is 2.21. The van der Waals surface area contributed by atoms with Crippen molar-refractivity contribution in [2.75, 3.05) is 14.2 Å². The van der Waals surface area contributed by atoms with Gasteiger partial charge < -0.3 is 10.1 Å². The van der Waals surface area contributed by atoms with Crippen molar-refractivity contribution in [2.24, 2.45) is 0 Å². The predicted molar refractivity (Wildman–Crippen MR) is 59.2 cm³/mol. The number of hydrogen-bond donors (Lipinski definition) is 1. The van der Waals surface area contributed by atoms with Crippen LogP contribution >= 0.6 is 0 Å². The molecule has 2 nitrogen and oxygen atoms in total. The molecular formula is C12H17F2NO. The van der Waals surface area contributed by atoms with Crippen LogP contribution in [0.15, 0.2) is 18.2 Å². The first-order valence-corrected chi connectivity index (χ1v) is 5.23. The quantitative estimate of drug-likeness (QED) is 0.838. The molecule has 2 unspecified atom stereocenters. The maximum atomic E-state index is 13.0. The van der Waals surface area contributed by atoms with Crippen molar-refractivity contribution in [3.63, 3.8) is 0 Å². The minimum absolute atomic E-state index is 0.0313. The Morgan fingerprint density at radius 2 is 1.81 bits per heavy atom. The van der Waals surface area contributed by atoms with Crippen molar-refractivity contribution in [3.05, 3.63) is 35.4 Å². The summed E-state index contributed by atoms with van der Waals surface area (Å²) in [4.78, 5) is 0. The predicted octanol–water partition coefficient (Wildman–Crippen LogP) is 2.65. The molecule has 0 fully saturated rings. The van der Waals surface area contributed by atoms with Crippen LogP contribution in [0.5, 0.6) is 0 Å². The highest BCUT2D eigenvalue weighted by Gasteiger charge is 2.14. The van der Waals surface area contributed by atoms with Gasteiger partial charge in [0.15, 0.2) is 0 Å². The minimum atomic E-state index is -0.555. The Morgan fingerprint density at radius 3 is 2.25 bits per heavy atom. The van der Waals surface area contributed by atoms with Gasteiger partial charge in [-0.2, -0.15) is 0 Å². The van der Waals surface area contributed by atoms with E-state index in [2.05, 4.69) is 5.32 Å². The number of halogens is 2. The third-order valence-corrected chi connectivity index (χ3v) is 2.61. The van der Waals surface area contributed by atoms with Crippen LogP contribution < -0.4 is 5.32 Å². The second-order valence-corrected chi connectivity index (χ2v) is 3.83. The Morgan fingerprint density at radius 1 is 1.25 bits per heavy atom. The number of nitrogens with one attached hydrogen (secondary N) is 1. The van der Waals surface area contributed by atoms with Crippen LogP contribution in [0.4, 0.5) is 8.78 Å². The molecule has 0 heterocycles. The summed E-state index contributed by atoms with van der Waals surface area (Å²) in [5, 5.41) is 3.02. The Bertz CT molecular complexity index is 324. The van der Waals surface area contributed by atoms with Crippen molar-refractivity contribution >= 4 is 0 Å². The van der Waals surface area contributed by atoms with Crippen molar-refractivity contribution in [2.45, 2.75) is 25.5 Å². The van der Waals surface area contributed by atoms with Crippen LogP contribution in [-0.2, 0) is 4.74 Å². The standard InChI is InChI=1S/C12H17F2NO/c1-8(16-3)4-12(15-2)9-5-10(13)7-11(14)6-9/h5-8,12,15H,4H2,1-3H3. The SMILES string of the molecule is CNC(CC(C)OC)c1cc(F)cc(F)c1. The van der Waals surface area contributed by atoms with Crippen LogP contribution in [-0.4, -0.2) is 20.3 Å². The Hall–Kier alpha value is -1.00. The fourth-order valence-electron chi connectivity index (χ4n) is 1.63. The molecule has 1 aromatic carbocycles. The number of benzene rings is 1. The van der Waals surface area contributed by atoms with Crippen LogP contribution in [0.25, 0.3) is 0 Å². The lowest BCUT2D eigenvalue weighted by molar-refractivity contribution is 0.101. The van der Waals surface area contributed by atoms with E-state index in [1.54, 1.807) is 14.2 Å². The van der Waals surface area contributed by atoms with Gasteiger partial charge in [0.1, 0.15) is 11.6 Å². The van der Waals surface area contributed by atoms with Gasteiger partial charge in [0.05, 0.1) is 6.10 Å². The molecule has 16 heavy (non-hydrogen) atoms. The van der Waals surface area contributed by atoms with Crippen molar-refractivity contribution in [3.8, 4) is 0 Å². The normalized spacial score (nSPS) is 14.8. The molecule has 0 spiro atoms. The molecule has 0 bridgehead atoms. The van der Waals surface area contributed by atoms with Crippen LogP contribution in [0.1, 0.15) is 24.9 Å². The zero-order valence-corrected chi connectivity index (χ0v) is 9.76. The third-order valence-electron chi connectivity index (χ3n) is 2.61. The summed E-state index contributed by atoms with van der Waals surface area (Å²) in [7, 11) is 3.37. The lowest BCUT2D eigenvalue weighted by atomic mass is 10.0. The van der Waals surface area contributed by atoms with E-state index in [-0.39, 0.29) is 12.1 Å². The molecule has 0 aliphatic carbocycles. The molecule has 90 valence electrons. The Balaban J connectivity index is 2.86. The lowest BCUT2D eigenvalue weighted by Gasteiger charge is -2.20. The van der Waals surface area contributed by atoms with Gasteiger partial charge in [-0.3, -0.25) is 0 Å². The van der Waals surface area contributed by atoms with Crippen molar-refractivity contribution < 1.29 is 13.5 Å². The summed E-state index contributed by atoms with van der Waals surface area (Å²) < 4.78 is 31.2. The summed E-state index contributed by atoms with van der Waals surface area (Å²) in [5.41, 5.74) is 0.601. The van der Waals surface area contributed by atoms with E-state index in [9.17, 15) is 8.78 Å². The molecule has 2 atom stereocenters. The van der Waals surface area contributed by atoms with Gasteiger partial charge in [-0.1, -0.05) is 0 Å². The van der Waals surface area contributed by atoms with Gasteiger partial charge in [-0.05, 0) is 38.1 Å². The van der Waals surface area contributed by atoms with E-state index in [0.29, 0.717) is 12.0 Å². The van der Waals surface area contributed by atoms with Gasteiger partial charge in [0.2, 0.25) is 0 Å². The molecule has 0 amide bonds. The molecule has 1 rings (SSSR count). The van der Waals surface area contributed by atoms with Crippen molar-refractivity contribution in [1.82, 2.24) is 5.32 Å². The number of methoxy groups -OCH3 is 1. The fourth-order valence-corrected chi connectivity index (χ4v) is 1.63. The average molecular weight is 229 g/mol. The van der Waals surface area contributed by atoms with E-state index in [1.165, 1.54) is 12.1 Å². The molecule has 0 saturated carbocycles. The third kappa shape index (κ3) is 3.54. The number of hydrogen-bond acceptors (Lipinski definition) is 2. The molecule has 0 aliphatic rings. The Labute approximate surface area is 94.6 Å². The van der Waals surface area contributed by atoms with E-state index >= 15 is 0 Å². The van der Waals surface area contributed by atoms with Gasteiger partial charge in [0, 0.05) is 19.2 Å². The molecule has 1 N–H and O–H groups in total. The maximum absolute atomic E-state index is 13.0. The van der Waals surface area contributed by atoms with Crippen LogP contribution in [0.2, 0.25) is 0 Å². The van der Waals surface area contributed by atoms with Crippen LogP contribution in [0.3, 0.4) is 0 Å². The summed E-state index contributed by atoms with van der Waals surface area (Å²) in [6, 6.07) is 3.44. The monoisotopic (exact) mass is 229 g/mol. The van der Waals surface area contributed by atoms with E-state index in [1.807, 2.05) is 6.92 Å². The average Bonchev–Trinajstić information content (AvgIpc) is 2.24. The number of ether oxygens (including phenoxy) is 1. The first-order valence-electron chi connectivity index (χ1n) is 5.23. The largest absolute Gasteiger partial charge is 0.382 e. The molecule has 0 aliphatic heterocycles. The smallest absolute Gasteiger partial charge is 0.126 e. The molecular weight excluding hydrogens is 212 g/mol. The van der Waals surface area contributed by atoms with E-state index < -0.39 is 11.6 Å². The van der Waals surface area contributed by atoms with E-state index in [4.69, 9.17) is 4.74 Å². The second kappa shape index (κ2) is 5.92. The molecule has 1 aromatic rings. The minimum Gasteiger partial charge on any atom is -0.382 e. The topological polar surface area (TPSA) is 21.3 Å². The zero-order chi connectivity index (χ0) is 12.1. The Kier molecular flexibility index (Phi) is 4.83. The molecule has 4 heteroatoms. The number of rotatable bonds is 5. The summed E-state index contributed by atoms with van der Waals surface area (Å²) in [6.07, 6.45) is 0.694. The maximum Gasteiger partial charge on any atom is 0.126 e. The van der Waals surface area contributed by atoms with Gasteiger partial charge in [-0.25, -0.2) is 8.78 Å². The van der Waals surface area contributed by atoms with Gasteiger partial charge >= 0.3 is 0 Å². The highest BCUT2D eigenvalue weighted by atomic mass is 19.1. The first-order chi connectivity index (χ1) is 7.56. The van der Waals surface area contributed by atoms with Crippen LogP contribution in [0, 0.1) is 11.6 Å². The summed E-state index contributed by atoms with van der Waals surface area (Å²) >= 11 is 0. The van der Waals surface area contributed by atoms with Gasteiger partial charge in [-0.15, -0.1) is 0 Å². The highest BCUT2D eigenvalue weighted by molar-refractivity contribution is 5.21. The first kappa shape index (κ1) is 13.1. The molecule has 0 aromatic heterocycles. The lowest BCUT2D eigenvalue weighted by Crippen LogP contribution is -2.22. The molecule has 0 radical (unpaired) electrons. The van der Waals surface area contributed by atoms with E-state index in [0.717, 1.165) is 6.07 Å². The van der Waals surface area contributed by atoms with Crippen molar-refractivity contribution in [1.29, 1.82) is 0 Å². The fraction of sp³-hybridized carbons (Fsp3) is 0.500. The summed E-state index contributed by atoms with van der Waals surface area (Å²) in [5.74, 6) is -1.11. The van der Waals surface area contributed by atoms with Gasteiger partial charge in [0.25, 0.3) is 0 Å². The zero-order valence-electron chi connectivity index (χ0n) is 9.76. The second-order valence-electron chi connectivity index (χ2n) is 3.83. The summed E-state index contributed by atoms with van der Waals surface area (Å²) in [6.45, 7) is 1.92.